The van der Waals surface area contributed by atoms with Crippen LogP contribution in [0.15, 0.2) is 54.6 Å². The summed E-state index contributed by atoms with van der Waals surface area (Å²) in [5, 5.41) is 5.32. The van der Waals surface area contributed by atoms with Crippen molar-refractivity contribution in [1.29, 1.82) is 0 Å². The summed E-state index contributed by atoms with van der Waals surface area (Å²) in [6.07, 6.45) is -0.756. The molecule has 0 heterocycles. The van der Waals surface area contributed by atoms with Crippen LogP contribution in [-0.4, -0.2) is 25.1 Å². The van der Waals surface area contributed by atoms with Gasteiger partial charge >= 0.3 is 12.1 Å². The van der Waals surface area contributed by atoms with Crippen LogP contribution in [0.5, 0.6) is 0 Å². The van der Waals surface area contributed by atoms with Gasteiger partial charge in [-0.05, 0) is 23.3 Å². The van der Waals surface area contributed by atoms with Gasteiger partial charge in [0.15, 0.2) is 6.04 Å². The summed E-state index contributed by atoms with van der Waals surface area (Å²) in [5.41, 5.74) is 1.22. The highest BCUT2D eigenvalue weighted by Crippen LogP contribution is 2.22. The van der Waals surface area contributed by atoms with Crippen molar-refractivity contribution in [1.82, 2.24) is 5.32 Å². The van der Waals surface area contributed by atoms with Crippen LogP contribution in [0.2, 0.25) is 0 Å². The number of esters is 1. The van der Waals surface area contributed by atoms with Gasteiger partial charge in [-0.1, -0.05) is 63.2 Å². The molecule has 2 rings (SSSR count). The second-order valence-electron chi connectivity index (χ2n) is 7.49. The molecule has 7 heteroatoms. The Balaban J connectivity index is 2.11. The Labute approximate surface area is 170 Å². The molecule has 0 saturated carbocycles. The Kier molecular flexibility index (Phi) is 7.36. The topological polar surface area (TPSA) is 93.7 Å². The van der Waals surface area contributed by atoms with E-state index in [1.54, 1.807) is 45.0 Å². The average molecular weight is 398 g/mol. The molecule has 0 aromatic heterocycles. The van der Waals surface area contributed by atoms with Crippen LogP contribution in [0.25, 0.3) is 0 Å². The molecule has 0 spiro atoms. The van der Waals surface area contributed by atoms with Crippen molar-refractivity contribution in [3.63, 3.8) is 0 Å². The SMILES string of the molecule is COC(=O)[C@H](NC(=O)OCc1ccccc1)c1cccc(NC(=O)C(C)(C)C)c1. The first kappa shape index (κ1) is 21.9. The minimum atomic E-state index is -1.07. The standard InChI is InChI=1S/C22H26N2O5/c1-22(2,3)20(26)23-17-12-8-11-16(13-17)18(19(25)28-4)24-21(27)29-14-15-9-6-5-7-10-15/h5-13,18H,14H2,1-4H3,(H,23,26)(H,24,27)/t18-/m1/s1. The molecule has 0 bridgehead atoms. The zero-order valence-corrected chi connectivity index (χ0v) is 17.0. The number of methoxy groups -OCH3 is 1. The van der Waals surface area contributed by atoms with E-state index in [4.69, 9.17) is 9.47 Å². The molecular weight excluding hydrogens is 372 g/mol. The second kappa shape index (κ2) is 9.73. The first-order valence-electron chi connectivity index (χ1n) is 9.17. The average Bonchev–Trinajstić information content (AvgIpc) is 2.70. The highest BCUT2D eigenvalue weighted by molar-refractivity contribution is 5.94. The monoisotopic (exact) mass is 398 g/mol. The van der Waals surface area contributed by atoms with Crippen molar-refractivity contribution in [2.75, 3.05) is 12.4 Å². The van der Waals surface area contributed by atoms with Gasteiger partial charge in [0.05, 0.1) is 7.11 Å². The van der Waals surface area contributed by atoms with E-state index in [0.717, 1.165) is 5.56 Å². The van der Waals surface area contributed by atoms with Crippen molar-refractivity contribution in [2.24, 2.45) is 5.41 Å². The van der Waals surface area contributed by atoms with E-state index in [1.807, 2.05) is 30.3 Å². The van der Waals surface area contributed by atoms with Crippen LogP contribution < -0.4 is 10.6 Å². The van der Waals surface area contributed by atoms with Crippen LogP contribution >= 0.6 is 0 Å². The first-order valence-corrected chi connectivity index (χ1v) is 9.17. The molecule has 2 amide bonds. The molecule has 2 N–H and O–H groups in total. The second-order valence-corrected chi connectivity index (χ2v) is 7.49. The zero-order chi connectivity index (χ0) is 21.4. The van der Waals surface area contributed by atoms with Crippen molar-refractivity contribution in [3.8, 4) is 0 Å². The third-order valence-electron chi connectivity index (χ3n) is 4.07. The van der Waals surface area contributed by atoms with E-state index in [1.165, 1.54) is 7.11 Å². The summed E-state index contributed by atoms with van der Waals surface area (Å²) in [6, 6.07) is 14.8. The van der Waals surface area contributed by atoms with E-state index >= 15 is 0 Å². The maximum atomic E-state index is 12.2. The summed E-state index contributed by atoms with van der Waals surface area (Å²) < 4.78 is 10.00. The Bertz CT molecular complexity index is 859. The Morgan fingerprint density at radius 1 is 1.00 bits per heavy atom. The van der Waals surface area contributed by atoms with Crippen molar-refractivity contribution < 1.29 is 23.9 Å². The van der Waals surface area contributed by atoms with Gasteiger partial charge in [-0.15, -0.1) is 0 Å². The highest BCUT2D eigenvalue weighted by Gasteiger charge is 2.26. The number of rotatable bonds is 6. The molecule has 0 aliphatic rings. The van der Waals surface area contributed by atoms with Crippen LogP contribution in [0.1, 0.15) is 37.9 Å². The maximum absolute atomic E-state index is 12.2. The number of anilines is 1. The van der Waals surface area contributed by atoms with E-state index in [2.05, 4.69) is 10.6 Å². The number of nitrogens with one attached hydrogen (secondary N) is 2. The molecule has 0 aliphatic carbocycles. The molecule has 7 nitrogen and oxygen atoms in total. The molecule has 0 radical (unpaired) electrons. The van der Waals surface area contributed by atoms with E-state index in [9.17, 15) is 14.4 Å². The maximum Gasteiger partial charge on any atom is 0.408 e. The van der Waals surface area contributed by atoms with Crippen LogP contribution in [0.4, 0.5) is 10.5 Å². The molecule has 0 aliphatic heterocycles. The fourth-order valence-corrected chi connectivity index (χ4v) is 2.39. The molecule has 1 atom stereocenters. The van der Waals surface area contributed by atoms with Gasteiger partial charge in [0, 0.05) is 11.1 Å². The van der Waals surface area contributed by atoms with Crippen molar-refractivity contribution in [2.45, 2.75) is 33.4 Å². The van der Waals surface area contributed by atoms with Gasteiger partial charge in [-0.25, -0.2) is 9.59 Å². The van der Waals surface area contributed by atoms with Gasteiger partial charge in [0.1, 0.15) is 6.61 Å². The van der Waals surface area contributed by atoms with E-state index in [-0.39, 0.29) is 12.5 Å². The lowest BCUT2D eigenvalue weighted by molar-refractivity contribution is -0.143. The van der Waals surface area contributed by atoms with Crippen LogP contribution in [0, 0.1) is 5.41 Å². The number of alkyl carbamates (subject to hydrolysis) is 1. The van der Waals surface area contributed by atoms with Gasteiger partial charge in [-0.3, -0.25) is 4.79 Å². The van der Waals surface area contributed by atoms with Gasteiger partial charge in [0.2, 0.25) is 5.91 Å². The molecule has 0 fully saturated rings. The number of amides is 2. The number of carbonyl (C=O) groups is 3. The zero-order valence-electron chi connectivity index (χ0n) is 17.0. The normalized spacial score (nSPS) is 11.9. The van der Waals surface area contributed by atoms with Crippen LogP contribution in [0.3, 0.4) is 0 Å². The summed E-state index contributed by atoms with van der Waals surface area (Å²) in [6.45, 7) is 5.47. The number of benzene rings is 2. The summed E-state index contributed by atoms with van der Waals surface area (Å²) >= 11 is 0. The molecule has 0 saturated heterocycles. The summed E-state index contributed by atoms with van der Waals surface area (Å²) in [4.78, 5) is 36.6. The van der Waals surface area contributed by atoms with Gasteiger partial charge < -0.3 is 20.1 Å². The molecule has 0 unspecified atom stereocenters. The fourth-order valence-electron chi connectivity index (χ4n) is 2.39. The molecule has 2 aromatic rings. The number of ether oxygens (including phenoxy) is 2. The Morgan fingerprint density at radius 2 is 1.69 bits per heavy atom. The molecular formula is C22H26N2O5. The molecule has 2 aromatic carbocycles. The predicted octanol–water partition coefficient (Wildman–Crippen LogP) is 3.81. The Hall–Kier alpha value is -3.35. The van der Waals surface area contributed by atoms with Gasteiger partial charge in [0.25, 0.3) is 0 Å². The lowest BCUT2D eigenvalue weighted by Crippen LogP contribution is -2.35. The van der Waals surface area contributed by atoms with Crippen molar-refractivity contribution >= 4 is 23.7 Å². The minimum absolute atomic E-state index is 0.0717. The quantitative estimate of drug-likeness (QED) is 0.722. The minimum Gasteiger partial charge on any atom is -0.467 e. The highest BCUT2D eigenvalue weighted by atomic mass is 16.6. The smallest absolute Gasteiger partial charge is 0.408 e. The van der Waals surface area contributed by atoms with Crippen molar-refractivity contribution in [3.05, 3.63) is 65.7 Å². The summed E-state index contributed by atoms with van der Waals surface area (Å²) in [5.74, 6) is -0.819. The first-order chi connectivity index (χ1) is 13.7. The summed E-state index contributed by atoms with van der Waals surface area (Å²) in [7, 11) is 1.23. The lowest BCUT2D eigenvalue weighted by Gasteiger charge is -2.20. The largest absolute Gasteiger partial charge is 0.467 e. The van der Waals surface area contributed by atoms with Crippen LogP contribution in [-0.2, 0) is 25.7 Å². The number of carbonyl (C=O) groups excluding carboxylic acids is 3. The fraction of sp³-hybridized carbons (Fsp3) is 0.318. The molecule has 154 valence electrons. The van der Waals surface area contributed by atoms with E-state index < -0.39 is 23.5 Å². The predicted molar refractivity (Wildman–Crippen MR) is 109 cm³/mol. The van der Waals surface area contributed by atoms with Gasteiger partial charge in [-0.2, -0.15) is 0 Å². The number of hydrogen-bond acceptors (Lipinski definition) is 5. The third-order valence-corrected chi connectivity index (χ3v) is 4.07. The van der Waals surface area contributed by atoms with E-state index in [0.29, 0.717) is 11.3 Å². The lowest BCUT2D eigenvalue weighted by atomic mass is 9.95. The number of hydrogen-bond donors (Lipinski definition) is 2. The molecule has 29 heavy (non-hydrogen) atoms. The third kappa shape index (κ3) is 6.64. The Morgan fingerprint density at radius 3 is 2.31 bits per heavy atom.